The van der Waals surface area contributed by atoms with Gasteiger partial charge in [-0.3, -0.25) is 9.78 Å². The third kappa shape index (κ3) is 3.84. The van der Waals surface area contributed by atoms with Crippen molar-refractivity contribution in [2.45, 2.75) is 40.3 Å². The number of nitrogens with zero attached hydrogens (tertiary/aromatic N) is 1. The smallest absolute Gasteiger partial charge is 0.339 e. The molecule has 0 aliphatic carbocycles. The standard InChI is InChI=1S/C21H22N2O4/c1-12-13(2)21(25)27-19-14(3)18(6-5-17(12)19)26-15(4)20(24)23-11-16-7-9-22-10-8-16/h5-10,15H,11H2,1-4H3,(H,23,24)/t15-/m1/s1. The molecule has 6 heteroatoms. The fourth-order valence-corrected chi connectivity index (χ4v) is 2.83. The third-order valence-electron chi connectivity index (χ3n) is 4.71. The van der Waals surface area contributed by atoms with Crippen LogP contribution in [0.3, 0.4) is 0 Å². The molecule has 27 heavy (non-hydrogen) atoms. The summed E-state index contributed by atoms with van der Waals surface area (Å²) in [5, 5.41) is 3.70. The zero-order valence-electron chi connectivity index (χ0n) is 15.8. The maximum Gasteiger partial charge on any atom is 0.339 e. The van der Waals surface area contributed by atoms with Crippen molar-refractivity contribution in [2.24, 2.45) is 0 Å². The molecule has 6 nitrogen and oxygen atoms in total. The molecule has 0 unspecified atom stereocenters. The van der Waals surface area contributed by atoms with Gasteiger partial charge in [-0.25, -0.2) is 4.79 Å². The molecule has 3 rings (SSSR count). The van der Waals surface area contributed by atoms with Crippen molar-refractivity contribution in [3.05, 3.63) is 69.3 Å². The Morgan fingerprint density at radius 3 is 2.52 bits per heavy atom. The minimum atomic E-state index is -0.693. The van der Waals surface area contributed by atoms with Crippen LogP contribution in [0.15, 0.2) is 45.9 Å². The highest BCUT2D eigenvalue weighted by atomic mass is 16.5. The summed E-state index contributed by atoms with van der Waals surface area (Å²) in [6.07, 6.45) is 2.66. The minimum absolute atomic E-state index is 0.229. The second kappa shape index (κ2) is 7.61. The molecule has 0 fully saturated rings. The molecule has 0 bridgehead atoms. The molecule has 0 spiro atoms. The molecule has 3 aromatic rings. The van der Waals surface area contributed by atoms with Gasteiger partial charge in [-0.2, -0.15) is 0 Å². The Kier molecular flexibility index (Phi) is 5.26. The number of nitrogens with one attached hydrogen (secondary N) is 1. The Balaban J connectivity index is 1.77. The first-order valence-corrected chi connectivity index (χ1v) is 8.75. The van der Waals surface area contributed by atoms with Gasteiger partial charge < -0.3 is 14.5 Å². The number of carbonyl (C=O) groups is 1. The van der Waals surface area contributed by atoms with E-state index in [9.17, 15) is 9.59 Å². The number of aromatic nitrogens is 1. The topological polar surface area (TPSA) is 81.4 Å². The normalized spacial score (nSPS) is 12.0. The van der Waals surface area contributed by atoms with Gasteiger partial charge in [-0.15, -0.1) is 0 Å². The molecule has 1 amide bonds. The van der Waals surface area contributed by atoms with Gasteiger partial charge in [-0.1, -0.05) is 0 Å². The van der Waals surface area contributed by atoms with Gasteiger partial charge in [0, 0.05) is 35.5 Å². The molecule has 0 saturated carbocycles. The predicted molar refractivity (Wildman–Crippen MR) is 103 cm³/mol. The van der Waals surface area contributed by atoms with Crippen LogP contribution >= 0.6 is 0 Å². The first-order chi connectivity index (χ1) is 12.9. The van der Waals surface area contributed by atoms with Gasteiger partial charge in [0.15, 0.2) is 6.10 Å². The second-order valence-electron chi connectivity index (χ2n) is 6.54. The molecule has 2 heterocycles. The summed E-state index contributed by atoms with van der Waals surface area (Å²) >= 11 is 0. The van der Waals surface area contributed by atoms with E-state index in [1.807, 2.05) is 32.0 Å². The lowest BCUT2D eigenvalue weighted by Gasteiger charge is -2.17. The molecule has 1 N–H and O–H groups in total. The van der Waals surface area contributed by atoms with Crippen molar-refractivity contribution in [3.63, 3.8) is 0 Å². The first-order valence-electron chi connectivity index (χ1n) is 8.75. The third-order valence-corrected chi connectivity index (χ3v) is 4.71. The van der Waals surface area contributed by atoms with Crippen molar-refractivity contribution >= 4 is 16.9 Å². The van der Waals surface area contributed by atoms with E-state index in [1.54, 1.807) is 32.3 Å². The highest BCUT2D eigenvalue weighted by Gasteiger charge is 2.18. The lowest BCUT2D eigenvalue weighted by molar-refractivity contribution is -0.127. The van der Waals surface area contributed by atoms with Crippen LogP contribution in [-0.2, 0) is 11.3 Å². The number of fused-ring (bicyclic) bond motifs is 1. The van der Waals surface area contributed by atoms with Gasteiger partial charge in [0.05, 0.1) is 0 Å². The average Bonchev–Trinajstić information content (AvgIpc) is 2.67. The molecule has 0 aliphatic heterocycles. The number of ether oxygens (including phenoxy) is 1. The molecular weight excluding hydrogens is 344 g/mol. The fraction of sp³-hybridized carbons (Fsp3) is 0.286. The van der Waals surface area contributed by atoms with Crippen molar-refractivity contribution in [2.75, 3.05) is 0 Å². The van der Waals surface area contributed by atoms with Crippen LogP contribution in [0.5, 0.6) is 5.75 Å². The van der Waals surface area contributed by atoms with Crippen molar-refractivity contribution in [1.82, 2.24) is 10.3 Å². The van der Waals surface area contributed by atoms with Crippen molar-refractivity contribution in [1.29, 1.82) is 0 Å². The zero-order chi connectivity index (χ0) is 19.6. The molecule has 2 aromatic heterocycles. The van der Waals surface area contributed by atoms with E-state index in [0.717, 1.165) is 16.5 Å². The summed E-state index contributed by atoms with van der Waals surface area (Å²) < 4.78 is 11.3. The average molecular weight is 366 g/mol. The lowest BCUT2D eigenvalue weighted by Crippen LogP contribution is -2.36. The summed E-state index contributed by atoms with van der Waals surface area (Å²) in [4.78, 5) is 28.3. The van der Waals surface area contributed by atoms with Crippen LogP contribution in [0.1, 0.15) is 29.2 Å². The zero-order valence-corrected chi connectivity index (χ0v) is 15.8. The van der Waals surface area contributed by atoms with Crippen LogP contribution in [0.2, 0.25) is 0 Å². The number of carbonyl (C=O) groups excluding carboxylic acids is 1. The summed E-state index contributed by atoms with van der Waals surface area (Å²) in [5.41, 5.74) is 3.27. The molecule has 0 saturated heterocycles. The van der Waals surface area contributed by atoms with Crippen molar-refractivity contribution in [3.8, 4) is 5.75 Å². The molecule has 1 aromatic carbocycles. The molecular formula is C21H22N2O4. The lowest BCUT2D eigenvalue weighted by atomic mass is 10.0. The molecule has 0 radical (unpaired) electrons. The number of aryl methyl sites for hydroxylation is 2. The Bertz CT molecular complexity index is 1040. The highest BCUT2D eigenvalue weighted by molar-refractivity contribution is 5.86. The Morgan fingerprint density at radius 1 is 1.11 bits per heavy atom. The van der Waals surface area contributed by atoms with Crippen LogP contribution in [-0.4, -0.2) is 17.0 Å². The Morgan fingerprint density at radius 2 is 1.81 bits per heavy atom. The minimum Gasteiger partial charge on any atom is -0.480 e. The van der Waals surface area contributed by atoms with E-state index in [2.05, 4.69) is 10.3 Å². The van der Waals surface area contributed by atoms with Gasteiger partial charge >= 0.3 is 5.63 Å². The quantitative estimate of drug-likeness (QED) is 0.701. The maximum atomic E-state index is 12.3. The van der Waals surface area contributed by atoms with Crippen LogP contribution in [0, 0.1) is 20.8 Å². The number of benzene rings is 1. The van der Waals surface area contributed by atoms with Gasteiger partial charge in [-0.05, 0) is 63.1 Å². The van der Waals surface area contributed by atoms with E-state index in [-0.39, 0.29) is 11.5 Å². The monoisotopic (exact) mass is 366 g/mol. The largest absolute Gasteiger partial charge is 0.480 e. The summed E-state index contributed by atoms with van der Waals surface area (Å²) in [6, 6.07) is 7.33. The number of rotatable bonds is 5. The number of pyridine rings is 1. The first kappa shape index (κ1) is 18.6. The SMILES string of the molecule is Cc1c(C)c2ccc(O[C@H](C)C(=O)NCc3ccncc3)c(C)c2oc1=O. The van der Waals surface area contributed by atoms with Crippen LogP contribution in [0.4, 0.5) is 0 Å². The molecule has 140 valence electrons. The van der Waals surface area contributed by atoms with Crippen LogP contribution < -0.4 is 15.7 Å². The Hall–Kier alpha value is -3.15. The number of amides is 1. The Labute approximate surface area is 157 Å². The van der Waals surface area contributed by atoms with Gasteiger partial charge in [0.2, 0.25) is 0 Å². The molecule has 0 aliphatic rings. The molecule has 1 atom stereocenters. The number of hydrogen-bond donors (Lipinski definition) is 1. The van der Waals surface area contributed by atoms with E-state index in [4.69, 9.17) is 9.15 Å². The summed E-state index contributed by atoms with van der Waals surface area (Å²) in [6.45, 7) is 7.54. The fourth-order valence-electron chi connectivity index (χ4n) is 2.83. The van der Waals surface area contributed by atoms with Crippen molar-refractivity contribution < 1.29 is 13.9 Å². The summed E-state index contributed by atoms with van der Waals surface area (Å²) in [7, 11) is 0. The predicted octanol–water partition coefficient (Wildman–Crippen LogP) is 3.20. The van der Waals surface area contributed by atoms with E-state index in [0.29, 0.717) is 29.0 Å². The maximum absolute atomic E-state index is 12.3. The van der Waals surface area contributed by atoms with Crippen LogP contribution in [0.25, 0.3) is 11.0 Å². The second-order valence-corrected chi connectivity index (χ2v) is 6.54. The van der Waals surface area contributed by atoms with E-state index in [1.165, 1.54) is 0 Å². The summed E-state index contributed by atoms with van der Waals surface area (Å²) in [5.74, 6) is 0.285. The number of hydrogen-bond acceptors (Lipinski definition) is 5. The van der Waals surface area contributed by atoms with Gasteiger partial charge in [0.25, 0.3) is 5.91 Å². The highest BCUT2D eigenvalue weighted by Crippen LogP contribution is 2.29. The van der Waals surface area contributed by atoms with E-state index < -0.39 is 6.10 Å². The van der Waals surface area contributed by atoms with Gasteiger partial charge in [0.1, 0.15) is 11.3 Å². The van der Waals surface area contributed by atoms with E-state index >= 15 is 0 Å².